The molecule has 0 bridgehead atoms. The van der Waals surface area contributed by atoms with Crippen LogP contribution in [-0.2, 0) is 0 Å². The number of thiazole rings is 1. The number of benzene rings is 1. The Kier molecular flexibility index (Phi) is 2.34. The molecule has 0 radical (unpaired) electrons. The summed E-state index contributed by atoms with van der Waals surface area (Å²) >= 11 is 1.42. The zero-order valence-corrected chi connectivity index (χ0v) is 9.63. The van der Waals surface area contributed by atoms with Gasteiger partial charge in [0.05, 0.1) is 16.8 Å². The summed E-state index contributed by atoms with van der Waals surface area (Å²) in [4.78, 5) is 4.99. The predicted octanol–water partition coefficient (Wildman–Crippen LogP) is 1.97. The molecule has 2 aromatic heterocycles. The minimum Gasteiger partial charge on any atom is -0.375 e. The summed E-state index contributed by atoms with van der Waals surface area (Å²) in [5.41, 5.74) is 7.49. The number of hydrogen-bond donors (Lipinski definition) is 1. The van der Waals surface area contributed by atoms with E-state index in [4.69, 9.17) is 5.73 Å². The van der Waals surface area contributed by atoms with Gasteiger partial charge < -0.3 is 5.73 Å². The van der Waals surface area contributed by atoms with Crippen LogP contribution in [0.25, 0.3) is 16.3 Å². The topological polar surface area (TPSA) is 69.6 Å². The van der Waals surface area contributed by atoms with E-state index in [1.807, 2.05) is 30.3 Å². The molecule has 5 nitrogen and oxygen atoms in total. The Morgan fingerprint density at radius 3 is 2.65 bits per heavy atom. The van der Waals surface area contributed by atoms with Gasteiger partial charge in [0, 0.05) is 6.20 Å². The Balaban J connectivity index is 2.12. The van der Waals surface area contributed by atoms with Crippen LogP contribution in [0.5, 0.6) is 0 Å². The molecule has 17 heavy (non-hydrogen) atoms. The third-order valence-electron chi connectivity index (χ3n) is 2.33. The van der Waals surface area contributed by atoms with Crippen LogP contribution in [0.3, 0.4) is 0 Å². The molecule has 1 aromatic carbocycles. The van der Waals surface area contributed by atoms with E-state index in [2.05, 4.69) is 15.3 Å². The average Bonchev–Trinajstić information content (AvgIpc) is 2.98. The molecule has 0 aliphatic carbocycles. The maximum Gasteiger partial charge on any atom is 0.180 e. The molecule has 2 heterocycles. The second kappa shape index (κ2) is 3.99. The molecule has 0 saturated carbocycles. The van der Waals surface area contributed by atoms with Crippen molar-refractivity contribution in [1.82, 2.24) is 20.0 Å². The fourth-order valence-electron chi connectivity index (χ4n) is 1.57. The number of nitrogen functional groups attached to an aromatic ring is 1. The molecule has 0 saturated heterocycles. The Labute approximate surface area is 102 Å². The highest BCUT2D eigenvalue weighted by Gasteiger charge is 2.10. The number of anilines is 1. The van der Waals surface area contributed by atoms with E-state index in [1.54, 1.807) is 17.1 Å². The maximum absolute atomic E-state index is 5.63. The fraction of sp³-hybridized carbons (Fsp3) is 0. The molecule has 0 atom stereocenters. The highest BCUT2D eigenvalue weighted by molar-refractivity contribution is 7.18. The van der Waals surface area contributed by atoms with Crippen LogP contribution in [0.1, 0.15) is 0 Å². The van der Waals surface area contributed by atoms with Gasteiger partial charge in [0.15, 0.2) is 5.13 Å². The van der Waals surface area contributed by atoms with Crippen molar-refractivity contribution in [1.29, 1.82) is 0 Å². The molecule has 0 unspecified atom stereocenters. The first-order valence-electron chi connectivity index (χ1n) is 5.02. The first-order chi connectivity index (χ1) is 8.34. The van der Waals surface area contributed by atoms with E-state index < -0.39 is 0 Å². The van der Waals surface area contributed by atoms with Gasteiger partial charge in [-0.05, 0) is 12.1 Å². The second-order valence-electron chi connectivity index (χ2n) is 3.43. The third-order valence-corrected chi connectivity index (χ3v) is 3.18. The number of hydrogen-bond acceptors (Lipinski definition) is 5. The van der Waals surface area contributed by atoms with E-state index in [1.165, 1.54) is 11.3 Å². The molecule has 2 N–H and O–H groups in total. The third kappa shape index (κ3) is 1.78. The minimum absolute atomic E-state index is 0.542. The molecule has 0 aliphatic heterocycles. The quantitative estimate of drug-likeness (QED) is 0.747. The first-order valence-corrected chi connectivity index (χ1v) is 5.84. The Morgan fingerprint density at radius 2 is 1.94 bits per heavy atom. The Morgan fingerprint density at radius 1 is 1.12 bits per heavy atom. The summed E-state index contributed by atoms with van der Waals surface area (Å²) in [6.45, 7) is 0. The predicted molar refractivity (Wildman–Crippen MR) is 66.9 cm³/mol. The standard InChI is InChI=1S/C11H9N5S/c12-11-13-7-10(17-11)9-6-14-15-16(9)8-4-2-1-3-5-8/h1-7H,(H2,12,13). The van der Waals surface area contributed by atoms with E-state index >= 15 is 0 Å². The lowest BCUT2D eigenvalue weighted by atomic mass is 10.3. The second-order valence-corrected chi connectivity index (χ2v) is 4.49. The number of para-hydroxylation sites is 1. The van der Waals surface area contributed by atoms with Crippen molar-refractivity contribution in [3.63, 3.8) is 0 Å². The molecule has 6 heteroatoms. The van der Waals surface area contributed by atoms with Crippen LogP contribution >= 0.6 is 11.3 Å². The monoisotopic (exact) mass is 243 g/mol. The van der Waals surface area contributed by atoms with Gasteiger partial charge in [-0.25, -0.2) is 9.67 Å². The highest BCUT2D eigenvalue weighted by atomic mass is 32.1. The minimum atomic E-state index is 0.542. The van der Waals surface area contributed by atoms with Gasteiger partial charge in [0.25, 0.3) is 0 Å². The van der Waals surface area contributed by atoms with Gasteiger partial charge in [0.1, 0.15) is 5.69 Å². The van der Waals surface area contributed by atoms with Gasteiger partial charge in [-0.15, -0.1) is 5.10 Å². The maximum atomic E-state index is 5.63. The summed E-state index contributed by atoms with van der Waals surface area (Å²) < 4.78 is 1.77. The van der Waals surface area contributed by atoms with Crippen molar-refractivity contribution in [2.24, 2.45) is 0 Å². The van der Waals surface area contributed by atoms with Crippen molar-refractivity contribution >= 4 is 16.5 Å². The first kappa shape index (κ1) is 9.98. The number of nitrogens with zero attached hydrogens (tertiary/aromatic N) is 4. The van der Waals surface area contributed by atoms with Gasteiger partial charge in [-0.2, -0.15) is 0 Å². The molecular formula is C11H9N5S. The van der Waals surface area contributed by atoms with Crippen molar-refractivity contribution < 1.29 is 0 Å². The van der Waals surface area contributed by atoms with Crippen LogP contribution in [0.2, 0.25) is 0 Å². The largest absolute Gasteiger partial charge is 0.375 e. The number of aromatic nitrogens is 4. The van der Waals surface area contributed by atoms with E-state index in [0.717, 1.165) is 16.3 Å². The van der Waals surface area contributed by atoms with Gasteiger partial charge >= 0.3 is 0 Å². The molecule has 84 valence electrons. The van der Waals surface area contributed by atoms with Crippen LogP contribution in [0, 0.1) is 0 Å². The van der Waals surface area contributed by atoms with Gasteiger partial charge in [-0.3, -0.25) is 0 Å². The molecule has 0 fully saturated rings. The summed E-state index contributed by atoms with van der Waals surface area (Å²) in [5, 5.41) is 8.55. The lowest BCUT2D eigenvalue weighted by Crippen LogP contribution is -1.97. The summed E-state index contributed by atoms with van der Waals surface area (Å²) in [6.07, 6.45) is 3.44. The van der Waals surface area contributed by atoms with Gasteiger partial charge in [0.2, 0.25) is 0 Å². The van der Waals surface area contributed by atoms with E-state index in [9.17, 15) is 0 Å². The molecule has 0 spiro atoms. The van der Waals surface area contributed by atoms with Crippen LogP contribution in [-0.4, -0.2) is 20.0 Å². The normalized spacial score (nSPS) is 10.6. The smallest absolute Gasteiger partial charge is 0.180 e. The number of nitrogens with two attached hydrogens (primary N) is 1. The SMILES string of the molecule is Nc1ncc(-c2cnnn2-c2ccccc2)s1. The van der Waals surface area contributed by atoms with E-state index in [0.29, 0.717) is 5.13 Å². The molecule has 3 aromatic rings. The van der Waals surface area contributed by atoms with E-state index in [-0.39, 0.29) is 0 Å². The van der Waals surface area contributed by atoms with Crippen molar-refractivity contribution in [3.8, 4) is 16.3 Å². The highest BCUT2D eigenvalue weighted by Crippen LogP contribution is 2.27. The van der Waals surface area contributed by atoms with Crippen molar-refractivity contribution in [3.05, 3.63) is 42.7 Å². The van der Waals surface area contributed by atoms with Crippen LogP contribution in [0.4, 0.5) is 5.13 Å². The molecule has 0 amide bonds. The summed E-state index contributed by atoms with van der Waals surface area (Å²) in [7, 11) is 0. The lowest BCUT2D eigenvalue weighted by Gasteiger charge is -2.03. The number of rotatable bonds is 2. The van der Waals surface area contributed by atoms with Crippen molar-refractivity contribution in [2.45, 2.75) is 0 Å². The summed E-state index contributed by atoms with van der Waals surface area (Å²) in [6, 6.07) is 9.83. The van der Waals surface area contributed by atoms with Gasteiger partial charge in [-0.1, -0.05) is 34.7 Å². The average molecular weight is 243 g/mol. The zero-order valence-electron chi connectivity index (χ0n) is 8.82. The zero-order chi connectivity index (χ0) is 11.7. The van der Waals surface area contributed by atoms with Crippen molar-refractivity contribution in [2.75, 3.05) is 5.73 Å². The molecule has 0 aliphatic rings. The summed E-state index contributed by atoms with van der Waals surface area (Å²) in [5.74, 6) is 0. The Bertz CT molecular complexity index is 628. The van der Waals surface area contributed by atoms with Crippen LogP contribution in [0.15, 0.2) is 42.7 Å². The molecule has 3 rings (SSSR count). The van der Waals surface area contributed by atoms with Crippen LogP contribution < -0.4 is 5.73 Å². The fourth-order valence-corrected chi connectivity index (χ4v) is 2.25. The lowest BCUT2D eigenvalue weighted by molar-refractivity contribution is 0.808. The Hall–Kier alpha value is -2.21. The molecular weight excluding hydrogens is 234 g/mol.